The quantitative estimate of drug-likeness (QED) is 0.794. The molecule has 1 saturated heterocycles. The Kier molecular flexibility index (Phi) is 5.45. The molecule has 0 aromatic carbocycles. The summed E-state index contributed by atoms with van der Waals surface area (Å²) in [6, 6.07) is 2.08. The van der Waals surface area contributed by atoms with E-state index in [4.69, 9.17) is 0 Å². The number of hydrogen-bond acceptors (Lipinski definition) is 6. The van der Waals surface area contributed by atoms with Crippen molar-refractivity contribution in [3.05, 3.63) is 22.8 Å². The van der Waals surface area contributed by atoms with Crippen molar-refractivity contribution in [1.82, 2.24) is 25.0 Å². The first-order chi connectivity index (χ1) is 12.2. The lowest BCUT2D eigenvalue weighted by molar-refractivity contribution is -0.121. The van der Waals surface area contributed by atoms with E-state index >= 15 is 0 Å². The number of hydrogen-bond donors (Lipinski definition) is 2. The molecule has 2 aromatic heterocycles. The van der Waals surface area contributed by atoms with Crippen LogP contribution in [0.5, 0.6) is 0 Å². The lowest BCUT2D eigenvalue weighted by Crippen LogP contribution is -2.41. The molecule has 0 aliphatic carbocycles. The number of aliphatic hydroxyl groups is 1. The van der Waals surface area contributed by atoms with Crippen molar-refractivity contribution in [2.45, 2.75) is 45.3 Å². The van der Waals surface area contributed by atoms with Gasteiger partial charge in [0.2, 0.25) is 5.91 Å². The standard InChI is InChI=1S/C18H27N5O2S/c1-12-15(26-17(19-12)14-6-7-22(4)21-14)9-16(24)20-13-5-8-23(10-13)11-18(2,3)25/h6-7,13,25H,5,8-11H2,1-4H3,(H,20,24)/t13-/m0/s1. The second-order valence-electron chi connectivity index (χ2n) is 7.68. The summed E-state index contributed by atoms with van der Waals surface area (Å²) >= 11 is 1.53. The maximum absolute atomic E-state index is 12.4. The zero-order valence-electron chi connectivity index (χ0n) is 15.8. The third-order valence-electron chi connectivity index (χ3n) is 4.39. The number of rotatable bonds is 6. The van der Waals surface area contributed by atoms with Gasteiger partial charge in [-0.1, -0.05) is 0 Å². The lowest BCUT2D eigenvalue weighted by Gasteiger charge is -2.25. The first-order valence-electron chi connectivity index (χ1n) is 8.90. The lowest BCUT2D eigenvalue weighted by atomic mass is 10.1. The SMILES string of the molecule is Cc1nc(-c2ccn(C)n2)sc1CC(=O)N[C@H]1CCN(CC(C)(C)O)C1. The number of β-amino-alcohol motifs (C(OH)–C–C–N with tert-alkyl or cyclic N) is 1. The number of likely N-dealkylation sites (tertiary alicyclic amines) is 1. The maximum Gasteiger partial charge on any atom is 0.225 e. The number of aromatic nitrogens is 3. The summed E-state index contributed by atoms with van der Waals surface area (Å²) in [6.45, 7) is 7.87. The van der Waals surface area contributed by atoms with Crippen molar-refractivity contribution in [1.29, 1.82) is 0 Å². The van der Waals surface area contributed by atoms with Crippen molar-refractivity contribution < 1.29 is 9.90 Å². The summed E-state index contributed by atoms with van der Waals surface area (Å²) in [5.41, 5.74) is 1.02. The molecule has 1 atom stereocenters. The van der Waals surface area contributed by atoms with E-state index in [0.29, 0.717) is 13.0 Å². The highest BCUT2D eigenvalue weighted by atomic mass is 32.1. The Morgan fingerprint density at radius 1 is 1.50 bits per heavy atom. The van der Waals surface area contributed by atoms with Crippen LogP contribution >= 0.6 is 11.3 Å². The molecular weight excluding hydrogens is 350 g/mol. The average Bonchev–Trinajstić information content (AvgIpc) is 3.20. The number of aryl methyl sites for hydroxylation is 2. The molecular formula is C18H27N5O2S. The van der Waals surface area contributed by atoms with Gasteiger partial charge in [-0.05, 0) is 33.3 Å². The molecule has 26 heavy (non-hydrogen) atoms. The van der Waals surface area contributed by atoms with Gasteiger partial charge in [0.1, 0.15) is 10.7 Å². The molecule has 2 N–H and O–H groups in total. The maximum atomic E-state index is 12.4. The molecule has 142 valence electrons. The zero-order chi connectivity index (χ0) is 18.9. The van der Waals surface area contributed by atoms with Crippen LogP contribution in [0, 0.1) is 6.92 Å². The van der Waals surface area contributed by atoms with Gasteiger partial charge in [0.05, 0.1) is 17.7 Å². The van der Waals surface area contributed by atoms with E-state index in [-0.39, 0.29) is 11.9 Å². The van der Waals surface area contributed by atoms with Crippen LogP contribution < -0.4 is 5.32 Å². The molecule has 0 unspecified atom stereocenters. The average molecular weight is 378 g/mol. The molecule has 7 nitrogen and oxygen atoms in total. The van der Waals surface area contributed by atoms with E-state index < -0.39 is 5.60 Å². The van der Waals surface area contributed by atoms with Gasteiger partial charge in [0.15, 0.2) is 0 Å². The Labute approximate surface area is 158 Å². The minimum atomic E-state index is -0.708. The number of amides is 1. The van der Waals surface area contributed by atoms with Crippen LogP contribution in [0.2, 0.25) is 0 Å². The first-order valence-corrected chi connectivity index (χ1v) is 9.72. The Morgan fingerprint density at radius 3 is 2.92 bits per heavy atom. The Morgan fingerprint density at radius 2 is 2.27 bits per heavy atom. The summed E-state index contributed by atoms with van der Waals surface area (Å²) in [5.74, 6) is 0.0272. The second-order valence-corrected chi connectivity index (χ2v) is 8.76. The third-order valence-corrected chi connectivity index (χ3v) is 5.57. The zero-order valence-corrected chi connectivity index (χ0v) is 16.6. The van der Waals surface area contributed by atoms with E-state index in [1.54, 1.807) is 4.68 Å². The van der Waals surface area contributed by atoms with Gasteiger partial charge in [-0.25, -0.2) is 4.98 Å². The van der Waals surface area contributed by atoms with Crippen molar-refractivity contribution in [3.63, 3.8) is 0 Å². The molecule has 3 heterocycles. The summed E-state index contributed by atoms with van der Waals surface area (Å²) in [7, 11) is 1.88. The van der Waals surface area contributed by atoms with Gasteiger partial charge >= 0.3 is 0 Å². The van der Waals surface area contributed by atoms with E-state index in [1.807, 2.05) is 40.1 Å². The number of nitrogens with zero attached hydrogens (tertiary/aromatic N) is 4. The minimum absolute atomic E-state index is 0.0272. The van der Waals surface area contributed by atoms with E-state index in [2.05, 4.69) is 20.3 Å². The van der Waals surface area contributed by atoms with Crippen LogP contribution in [0.3, 0.4) is 0 Å². The van der Waals surface area contributed by atoms with E-state index in [0.717, 1.165) is 40.8 Å². The number of thiazole rings is 1. The van der Waals surface area contributed by atoms with Crippen LogP contribution in [0.1, 0.15) is 30.8 Å². The van der Waals surface area contributed by atoms with Gasteiger partial charge in [0, 0.05) is 43.8 Å². The van der Waals surface area contributed by atoms with Gasteiger partial charge in [0.25, 0.3) is 0 Å². The minimum Gasteiger partial charge on any atom is -0.389 e. The summed E-state index contributed by atoms with van der Waals surface area (Å²) in [6.07, 6.45) is 3.15. The van der Waals surface area contributed by atoms with E-state index in [9.17, 15) is 9.90 Å². The van der Waals surface area contributed by atoms with Crippen molar-refractivity contribution in [2.24, 2.45) is 7.05 Å². The van der Waals surface area contributed by atoms with Crippen molar-refractivity contribution in [3.8, 4) is 10.7 Å². The Balaban J connectivity index is 1.55. The smallest absolute Gasteiger partial charge is 0.225 e. The molecule has 1 amide bonds. The molecule has 1 aliphatic heterocycles. The van der Waals surface area contributed by atoms with Crippen LogP contribution in [0.25, 0.3) is 10.7 Å². The third kappa shape index (κ3) is 4.90. The fourth-order valence-corrected chi connectivity index (χ4v) is 4.32. The van der Waals surface area contributed by atoms with Crippen LogP contribution in [-0.4, -0.2) is 62.0 Å². The molecule has 2 aromatic rings. The topological polar surface area (TPSA) is 83.3 Å². The molecule has 0 saturated carbocycles. The summed E-state index contributed by atoms with van der Waals surface area (Å²) in [5, 5.41) is 18.3. The number of carbonyl (C=O) groups excluding carboxylic acids is 1. The van der Waals surface area contributed by atoms with Crippen LogP contribution in [-0.2, 0) is 18.3 Å². The molecule has 0 radical (unpaired) electrons. The largest absolute Gasteiger partial charge is 0.389 e. The molecule has 1 aliphatic rings. The predicted molar refractivity (Wildman–Crippen MR) is 102 cm³/mol. The Bertz CT molecular complexity index is 777. The summed E-state index contributed by atoms with van der Waals surface area (Å²) < 4.78 is 1.75. The number of nitrogens with one attached hydrogen (secondary N) is 1. The molecule has 3 rings (SSSR count). The van der Waals surface area contributed by atoms with E-state index in [1.165, 1.54) is 11.3 Å². The Hall–Kier alpha value is -1.77. The van der Waals surface area contributed by atoms with Crippen molar-refractivity contribution >= 4 is 17.2 Å². The highest BCUT2D eigenvalue weighted by Crippen LogP contribution is 2.27. The van der Waals surface area contributed by atoms with Crippen LogP contribution in [0.15, 0.2) is 12.3 Å². The van der Waals surface area contributed by atoms with Gasteiger partial charge < -0.3 is 10.4 Å². The molecule has 1 fully saturated rings. The highest BCUT2D eigenvalue weighted by Gasteiger charge is 2.28. The van der Waals surface area contributed by atoms with Gasteiger partial charge in [-0.3, -0.25) is 14.4 Å². The second kappa shape index (κ2) is 7.46. The number of carbonyl (C=O) groups is 1. The fraction of sp³-hybridized carbons (Fsp3) is 0.611. The van der Waals surface area contributed by atoms with Crippen LogP contribution in [0.4, 0.5) is 0 Å². The van der Waals surface area contributed by atoms with Gasteiger partial charge in [-0.15, -0.1) is 11.3 Å². The molecule has 0 spiro atoms. The fourth-order valence-electron chi connectivity index (χ4n) is 3.30. The monoisotopic (exact) mass is 377 g/mol. The highest BCUT2D eigenvalue weighted by molar-refractivity contribution is 7.15. The van der Waals surface area contributed by atoms with Gasteiger partial charge in [-0.2, -0.15) is 5.10 Å². The summed E-state index contributed by atoms with van der Waals surface area (Å²) in [4.78, 5) is 20.2. The predicted octanol–water partition coefficient (Wildman–Crippen LogP) is 1.36. The molecule has 8 heteroatoms. The normalized spacial score (nSPS) is 18.4. The van der Waals surface area contributed by atoms with Crippen molar-refractivity contribution in [2.75, 3.05) is 19.6 Å². The molecule has 0 bridgehead atoms. The first kappa shape index (κ1) is 19.0.